The molecule has 1 rings (SSSR count). The van der Waals surface area contributed by atoms with Gasteiger partial charge in [0.05, 0.1) is 5.75 Å². The van der Waals surface area contributed by atoms with Gasteiger partial charge in [0.25, 0.3) is 0 Å². The summed E-state index contributed by atoms with van der Waals surface area (Å²) in [7, 11) is -0.307. The lowest BCUT2D eigenvalue weighted by Gasteiger charge is -2.10. The number of urea groups is 1. The maximum absolute atomic E-state index is 11.6. The summed E-state index contributed by atoms with van der Waals surface area (Å²) in [4.78, 5) is 12.6. The number of hydrogen-bond acceptors (Lipinski definition) is 6. The Kier molecular flexibility index (Phi) is 3.81. The topological polar surface area (TPSA) is 92.3 Å². The van der Waals surface area contributed by atoms with Crippen LogP contribution in [-0.4, -0.2) is 48.8 Å². The zero-order valence-electron chi connectivity index (χ0n) is 9.09. The van der Waals surface area contributed by atoms with E-state index in [0.29, 0.717) is 0 Å². The summed E-state index contributed by atoms with van der Waals surface area (Å²) in [5, 5.41) is 5.96. The van der Waals surface area contributed by atoms with Crippen molar-refractivity contribution >= 4 is 33.2 Å². The van der Waals surface area contributed by atoms with Gasteiger partial charge in [-0.05, 0) is 0 Å². The lowest BCUT2D eigenvalue weighted by atomic mass is 10.7. The van der Waals surface area contributed by atoms with Crippen LogP contribution < -0.4 is 5.32 Å². The maximum Gasteiger partial charge on any atom is 0.322 e. The number of carbonyl (C=O) groups excluding carboxylic acids is 1. The fourth-order valence-electron chi connectivity index (χ4n) is 0.807. The molecule has 0 radical (unpaired) electrons. The third kappa shape index (κ3) is 2.67. The van der Waals surface area contributed by atoms with Crippen LogP contribution in [-0.2, 0) is 9.84 Å². The van der Waals surface area contributed by atoms with Crippen LogP contribution in [0.3, 0.4) is 0 Å². The van der Waals surface area contributed by atoms with E-state index in [1.54, 1.807) is 14.1 Å². The smallest absolute Gasteiger partial charge is 0.322 e. The van der Waals surface area contributed by atoms with Gasteiger partial charge in [0.1, 0.15) is 0 Å². The quantitative estimate of drug-likeness (QED) is 0.854. The molecular weight excluding hydrogens is 252 g/mol. The highest BCUT2D eigenvalue weighted by molar-refractivity contribution is 7.93. The van der Waals surface area contributed by atoms with Crippen molar-refractivity contribution in [1.82, 2.24) is 14.5 Å². The van der Waals surface area contributed by atoms with Gasteiger partial charge in [-0.25, -0.2) is 13.2 Å². The number of carbonyl (C=O) groups is 1. The van der Waals surface area contributed by atoms with Gasteiger partial charge in [-0.2, -0.15) is 0 Å². The number of nitrogens with zero attached hydrogens (tertiary/aromatic N) is 3. The van der Waals surface area contributed by atoms with Crippen molar-refractivity contribution < 1.29 is 13.2 Å². The number of rotatable bonds is 3. The van der Waals surface area contributed by atoms with E-state index in [-0.39, 0.29) is 15.8 Å². The molecule has 0 aliphatic carbocycles. The van der Waals surface area contributed by atoms with Crippen LogP contribution >= 0.6 is 11.5 Å². The van der Waals surface area contributed by atoms with Crippen molar-refractivity contribution in [3.8, 4) is 0 Å². The molecule has 0 aromatic carbocycles. The molecule has 0 atom stereocenters. The standard InChI is InChI=1S/C7H12N4O3S2/c1-4-16(13,14)6-5(9-10-15-6)8-7(12)11(2)3/h4H2,1-3H3,(H,8,12). The van der Waals surface area contributed by atoms with E-state index in [2.05, 4.69) is 14.9 Å². The molecule has 0 saturated carbocycles. The largest absolute Gasteiger partial charge is 0.331 e. The molecule has 1 aromatic rings. The van der Waals surface area contributed by atoms with Gasteiger partial charge < -0.3 is 4.90 Å². The van der Waals surface area contributed by atoms with E-state index in [1.165, 1.54) is 11.8 Å². The van der Waals surface area contributed by atoms with Crippen LogP contribution in [0.1, 0.15) is 6.92 Å². The van der Waals surface area contributed by atoms with Gasteiger partial charge in [0.15, 0.2) is 19.9 Å². The summed E-state index contributed by atoms with van der Waals surface area (Å²) in [5.41, 5.74) is 0. The second-order valence-corrected chi connectivity index (χ2v) is 6.36. The van der Waals surface area contributed by atoms with E-state index in [0.717, 1.165) is 11.5 Å². The minimum atomic E-state index is -3.40. The SMILES string of the molecule is CCS(=O)(=O)c1snnc1NC(=O)N(C)C. The Labute approximate surface area is 97.5 Å². The summed E-state index contributed by atoms with van der Waals surface area (Å²) in [6.07, 6.45) is 0. The zero-order chi connectivity index (χ0) is 12.3. The Morgan fingerprint density at radius 1 is 1.50 bits per heavy atom. The summed E-state index contributed by atoms with van der Waals surface area (Å²) in [5.74, 6) is -0.0626. The Balaban J connectivity index is 3.01. The molecule has 9 heteroatoms. The van der Waals surface area contributed by atoms with Crippen molar-refractivity contribution in [2.45, 2.75) is 11.1 Å². The summed E-state index contributed by atoms with van der Waals surface area (Å²) >= 11 is 0.752. The minimum absolute atomic E-state index is 0.00875. The highest BCUT2D eigenvalue weighted by atomic mass is 32.2. The first-order valence-corrected chi connectivity index (χ1v) is 6.84. The number of sulfone groups is 1. The van der Waals surface area contributed by atoms with Crippen LogP contribution in [0.4, 0.5) is 10.6 Å². The van der Waals surface area contributed by atoms with Crippen molar-refractivity contribution in [1.29, 1.82) is 0 Å². The molecule has 2 amide bonds. The minimum Gasteiger partial charge on any atom is -0.331 e. The second kappa shape index (κ2) is 4.74. The lowest BCUT2D eigenvalue weighted by Crippen LogP contribution is -2.28. The molecule has 1 N–H and O–H groups in total. The van der Waals surface area contributed by atoms with Crippen LogP contribution in [0.15, 0.2) is 4.21 Å². The van der Waals surface area contributed by atoms with E-state index in [1.807, 2.05) is 0 Å². The van der Waals surface area contributed by atoms with Gasteiger partial charge >= 0.3 is 6.03 Å². The molecule has 0 aliphatic heterocycles. The predicted octanol–water partition coefficient (Wildman–Crippen LogP) is 0.425. The molecule has 16 heavy (non-hydrogen) atoms. The summed E-state index contributed by atoms with van der Waals surface area (Å²) < 4.78 is 26.7. The van der Waals surface area contributed by atoms with Crippen molar-refractivity contribution in [3.63, 3.8) is 0 Å². The fourth-order valence-corrected chi connectivity index (χ4v) is 2.74. The molecule has 0 fully saturated rings. The molecule has 0 bridgehead atoms. The molecular formula is C7H12N4O3S2. The van der Waals surface area contributed by atoms with Gasteiger partial charge in [0.2, 0.25) is 0 Å². The average molecular weight is 264 g/mol. The first-order chi connectivity index (χ1) is 7.38. The van der Waals surface area contributed by atoms with E-state index >= 15 is 0 Å². The first-order valence-electron chi connectivity index (χ1n) is 4.42. The first kappa shape index (κ1) is 12.8. The van der Waals surface area contributed by atoms with E-state index in [9.17, 15) is 13.2 Å². The predicted molar refractivity (Wildman–Crippen MR) is 60.3 cm³/mol. The monoisotopic (exact) mass is 264 g/mol. The summed E-state index contributed by atoms with van der Waals surface area (Å²) in [6, 6.07) is -0.444. The maximum atomic E-state index is 11.6. The second-order valence-electron chi connectivity index (χ2n) is 3.14. The van der Waals surface area contributed by atoms with Crippen LogP contribution in [0.2, 0.25) is 0 Å². The van der Waals surface area contributed by atoms with Gasteiger partial charge in [-0.1, -0.05) is 11.4 Å². The Morgan fingerprint density at radius 2 is 2.12 bits per heavy atom. The fraction of sp³-hybridized carbons (Fsp3) is 0.571. The average Bonchev–Trinajstić information content (AvgIpc) is 2.66. The van der Waals surface area contributed by atoms with E-state index < -0.39 is 15.9 Å². The van der Waals surface area contributed by atoms with Gasteiger partial charge in [-0.3, -0.25) is 5.32 Å². The zero-order valence-corrected chi connectivity index (χ0v) is 10.7. The lowest BCUT2D eigenvalue weighted by molar-refractivity contribution is 0.230. The molecule has 0 unspecified atom stereocenters. The number of amides is 2. The van der Waals surface area contributed by atoms with Crippen LogP contribution in [0.25, 0.3) is 0 Å². The Morgan fingerprint density at radius 3 is 2.62 bits per heavy atom. The number of anilines is 1. The number of hydrogen-bond donors (Lipinski definition) is 1. The van der Waals surface area contributed by atoms with Gasteiger partial charge in [-0.15, -0.1) is 5.10 Å². The third-order valence-corrected chi connectivity index (χ3v) is 4.78. The normalized spacial score (nSPS) is 11.2. The van der Waals surface area contributed by atoms with Crippen LogP contribution in [0.5, 0.6) is 0 Å². The molecule has 0 spiro atoms. The molecule has 1 heterocycles. The highest BCUT2D eigenvalue weighted by Crippen LogP contribution is 2.23. The summed E-state index contributed by atoms with van der Waals surface area (Å²) in [6.45, 7) is 1.52. The van der Waals surface area contributed by atoms with Crippen molar-refractivity contribution in [2.75, 3.05) is 25.2 Å². The van der Waals surface area contributed by atoms with Crippen LogP contribution in [0, 0.1) is 0 Å². The Hall–Kier alpha value is -1.22. The van der Waals surface area contributed by atoms with Crippen molar-refractivity contribution in [3.05, 3.63) is 0 Å². The third-order valence-electron chi connectivity index (χ3n) is 1.75. The molecule has 0 saturated heterocycles. The molecule has 1 aromatic heterocycles. The highest BCUT2D eigenvalue weighted by Gasteiger charge is 2.22. The number of aromatic nitrogens is 2. The molecule has 90 valence electrons. The van der Waals surface area contributed by atoms with Crippen molar-refractivity contribution in [2.24, 2.45) is 0 Å². The van der Waals surface area contributed by atoms with E-state index in [4.69, 9.17) is 0 Å². The molecule has 7 nitrogen and oxygen atoms in total. The van der Waals surface area contributed by atoms with Gasteiger partial charge in [0, 0.05) is 25.6 Å². The molecule has 0 aliphatic rings. The Bertz CT molecular complexity index is 480. The number of nitrogens with one attached hydrogen (secondary N) is 1.